The monoisotopic (exact) mass is 412 g/mol. The van der Waals surface area contributed by atoms with E-state index < -0.39 is 17.7 Å². The summed E-state index contributed by atoms with van der Waals surface area (Å²) in [4.78, 5) is 32.8. The lowest BCUT2D eigenvalue weighted by atomic mass is 10.2. The predicted molar refractivity (Wildman–Crippen MR) is 114 cm³/mol. The second-order valence-corrected chi connectivity index (χ2v) is 6.55. The molecule has 1 rings (SSSR count). The summed E-state index contributed by atoms with van der Waals surface area (Å²) < 4.78 is 5.01. The maximum absolute atomic E-state index is 11.6. The molecule has 0 aliphatic rings. The minimum Gasteiger partial charge on any atom is -0.444 e. The minimum absolute atomic E-state index is 0.0472. The number of nitrogens with two attached hydrogens (primary N) is 1. The average molecular weight is 413 g/mol. The van der Waals surface area contributed by atoms with E-state index in [9.17, 15) is 14.4 Å². The Morgan fingerprint density at radius 1 is 1.07 bits per heavy atom. The van der Waals surface area contributed by atoms with Crippen LogP contribution in [0.5, 0.6) is 0 Å². The van der Waals surface area contributed by atoms with Gasteiger partial charge in [0.05, 0.1) is 6.61 Å². The lowest BCUT2D eigenvalue weighted by molar-refractivity contribution is -0.115. The number of aliphatic hydroxyl groups is 1. The van der Waals surface area contributed by atoms with Crippen molar-refractivity contribution in [3.8, 4) is 0 Å². The number of nitrogens with one attached hydrogen (secondary N) is 3. The van der Waals surface area contributed by atoms with E-state index in [1.807, 2.05) is 20.8 Å². The lowest BCUT2D eigenvalue weighted by Gasteiger charge is -2.19. The fourth-order valence-corrected chi connectivity index (χ4v) is 1.61. The number of carbonyl (C=O) groups is 3. The van der Waals surface area contributed by atoms with Crippen molar-refractivity contribution in [1.29, 1.82) is 0 Å². The van der Waals surface area contributed by atoms with Crippen molar-refractivity contribution in [2.45, 2.75) is 60.2 Å². The van der Waals surface area contributed by atoms with Gasteiger partial charge in [-0.3, -0.25) is 4.79 Å². The zero-order valence-corrected chi connectivity index (χ0v) is 18.3. The number of primary amides is 1. The molecule has 0 bridgehead atoms. The molecule has 0 saturated carbocycles. The highest BCUT2D eigenvalue weighted by molar-refractivity contribution is 5.93. The standard InChI is InChI=1S/C14H20N2O4.C4H10N2O.C2H6/c1-14(2,3)20-13(19)15-8-12(18)16-11-6-4-10(9-17)5-7-11;1-2-3-6-4(5)7;1-2/h4-7,17H,8-9H2,1-3H3,(H,15,19)(H,16,18);2-3H2,1H3,(H3,5,6,7);1-2H3. The first-order chi connectivity index (χ1) is 13.6. The minimum atomic E-state index is -0.636. The first-order valence-electron chi connectivity index (χ1n) is 9.57. The van der Waals surface area contributed by atoms with Gasteiger partial charge >= 0.3 is 12.1 Å². The first kappa shape index (κ1) is 28.4. The number of hydrogen-bond donors (Lipinski definition) is 5. The molecular formula is C20H36N4O5. The van der Waals surface area contributed by atoms with Crippen LogP contribution in [0.15, 0.2) is 24.3 Å². The number of alkyl carbamates (subject to hydrolysis) is 1. The third-order valence-corrected chi connectivity index (χ3v) is 2.76. The molecule has 1 aromatic carbocycles. The van der Waals surface area contributed by atoms with Crippen molar-refractivity contribution in [2.24, 2.45) is 5.73 Å². The first-order valence-corrected chi connectivity index (χ1v) is 9.57. The lowest BCUT2D eigenvalue weighted by Crippen LogP contribution is -2.37. The Hall–Kier alpha value is -2.81. The van der Waals surface area contributed by atoms with E-state index >= 15 is 0 Å². The van der Waals surface area contributed by atoms with E-state index in [1.165, 1.54) is 0 Å². The van der Waals surface area contributed by atoms with Gasteiger partial charge in [0, 0.05) is 12.2 Å². The van der Waals surface area contributed by atoms with Crippen molar-refractivity contribution in [1.82, 2.24) is 10.6 Å². The fraction of sp³-hybridized carbons (Fsp3) is 0.550. The molecule has 29 heavy (non-hydrogen) atoms. The van der Waals surface area contributed by atoms with Crippen molar-refractivity contribution < 1.29 is 24.2 Å². The molecule has 6 N–H and O–H groups in total. The smallest absolute Gasteiger partial charge is 0.408 e. The Kier molecular flexibility index (Phi) is 15.8. The quantitative estimate of drug-likeness (QED) is 0.488. The van der Waals surface area contributed by atoms with E-state index in [-0.39, 0.29) is 19.1 Å². The number of amides is 4. The highest BCUT2D eigenvalue weighted by atomic mass is 16.6. The second kappa shape index (κ2) is 16.2. The molecule has 0 aliphatic carbocycles. The van der Waals surface area contributed by atoms with Gasteiger partial charge in [-0.25, -0.2) is 9.59 Å². The summed E-state index contributed by atoms with van der Waals surface area (Å²) in [6.45, 7) is 11.7. The van der Waals surface area contributed by atoms with Gasteiger partial charge in [0.15, 0.2) is 0 Å². The SMILES string of the molecule is CC.CC(C)(C)OC(=O)NCC(=O)Nc1ccc(CO)cc1.CCCNC(N)=O. The molecule has 0 radical (unpaired) electrons. The molecule has 0 aliphatic heterocycles. The maximum Gasteiger partial charge on any atom is 0.408 e. The largest absolute Gasteiger partial charge is 0.444 e. The normalized spacial score (nSPS) is 9.62. The van der Waals surface area contributed by atoms with E-state index in [4.69, 9.17) is 15.6 Å². The molecule has 0 atom stereocenters. The van der Waals surface area contributed by atoms with Gasteiger partial charge in [0.1, 0.15) is 12.1 Å². The molecule has 4 amide bonds. The summed E-state index contributed by atoms with van der Waals surface area (Å²) in [5, 5.41) is 16.3. The van der Waals surface area contributed by atoms with Gasteiger partial charge in [-0.15, -0.1) is 0 Å². The van der Waals surface area contributed by atoms with Crippen LogP contribution >= 0.6 is 0 Å². The zero-order chi connectivity index (χ0) is 22.9. The summed E-state index contributed by atoms with van der Waals surface area (Å²) in [7, 11) is 0. The molecule has 0 spiro atoms. The molecule has 0 unspecified atom stereocenters. The van der Waals surface area contributed by atoms with Gasteiger partial charge in [-0.05, 0) is 44.9 Å². The third-order valence-electron chi connectivity index (χ3n) is 2.76. The predicted octanol–water partition coefficient (Wildman–Crippen LogP) is 2.73. The van der Waals surface area contributed by atoms with Crippen LogP contribution in [0.2, 0.25) is 0 Å². The van der Waals surface area contributed by atoms with Crippen LogP contribution in [-0.4, -0.2) is 41.8 Å². The van der Waals surface area contributed by atoms with E-state index in [0.29, 0.717) is 12.2 Å². The Morgan fingerprint density at radius 3 is 2.00 bits per heavy atom. The molecule has 9 nitrogen and oxygen atoms in total. The van der Waals surface area contributed by atoms with Crippen molar-refractivity contribution in [3.63, 3.8) is 0 Å². The molecular weight excluding hydrogens is 376 g/mol. The number of hydrogen-bond acceptors (Lipinski definition) is 5. The summed E-state index contributed by atoms with van der Waals surface area (Å²) in [5.74, 6) is -0.354. The summed E-state index contributed by atoms with van der Waals surface area (Å²) in [5.41, 5.74) is 5.49. The van der Waals surface area contributed by atoms with Gasteiger partial charge in [0.2, 0.25) is 5.91 Å². The van der Waals surface area contributed by atoms with E-state index in [0.717, 1.165) is 12.0 Å². The molecule has 1 aromatic rings. The number of aliphatic hydroxyl groups excluding tert-OH is 1. The number of anilines is 1. The Labute approximate surface area is 173 Å². The van der Waals surface area contributed by atoms with Crippen molar-refractivity contribution in [3.05, 3.63) is 29.8 Å². The number of urea groups is 1. The molecule has 0 aromatic heterocycles. The molecule has 166 valence electrons. The van der Waals surface area contributed by atoms with Crippen molar-refractivity contribution >= 4 is 23.7 Å². The van der Waals surface area contributed by atoms with Crippen LogP contribution in [-0.2, 0) is 16.1 Å². The molecule has 0 heterocycles. The summed E-state index contributed by atoms with van der Waals surface area (Å²) in [6.07, 6.45) is 0.298. The number of carbonyl (C=O) groups excluding carboxylic acids is 3. The average Bonchev–Trinajstić information content (AvgIpc) is 2.66. The molecule has 0 fully saturated rings. The van der Waals surface area contributed by atoms with Gasteiger partial charge in [-0.1, -0.05) is 32.9 Å². The van der Waals surface area contributed by atoms with Crippen molar-refractivity contribution in [2.75, 3.05) is 18.4 Å². The number of ether oxygens (including phenoxy) is 1. The van der Waals surface area contributed by atoms with Gasteiger partial charge < -0.3 is 31.5 Å². The van der Waals surface area contributed by atoms with Gasteiger partial charge in [0.25, 0.3) is 0 Å². The molecule has 0 saturated heterocycles. The van der Waals surface area contributed by atoms with Crippen LogP contribution in [0.4, 0.5) is 15.3 Å². The van der Waals surface area contributed by atoms with Crippen LogP contribution < -0.4 is 21.7 Å². The number of rotatable bonds is 6. The zero-order valence-electron chi connectivity index (χ0n) is 18.3. The summed E-state index contributed by atoms with van der Waals surface area (Å²) >= 11 is 0. The highest BCUT2D eigenvalue weighted by Gasteiger charge is 2.16. The number of benzene rings is 1. The second-order valence-electron chi connectivity index (χ2n) is 6.55. The van der Waals surface area contributed by atoms with Crippen LogP contribution in [0, 0.1) is 0 Å². The third kappa shape index (κ3) is 18.3. The highest BCUT2D eigenvalue weighted by Crippen LogP contribution is 2.09. The van der Waals surface area contributed by atoms with E-state index in [1.54, 1.807) is 45.0 Å². The van der Waals surface area contributed by atoms with Crippen LogP contribution in [0.3, 0.4) is 0 Å². The maximum atomic E-state index is 11.6. The van der Waals surface area contributed by atoms with E-state index in [2.05, 4.69) is 16.0 Å². The Bertz CT molecular complexity index is 598. The van der Waals surface area contributed by atoms with Crippen LogP contribution in [0.1, 0.15) is 53.5 Å². The fourth-order valence-electron chi connectivity index (χ4n) is 1.61. The topological polar surface area (TPSA) is 143 Å². The van der Waals surface area contributed by atoms with Gasteiger partial charge in [-0.2, -0.15) is 0 Å². The summed E-state index contributed by atoms with van der Waals surface area (Å²) in [6, 6.07) is 6.32. The Morgan fingerprint density at radius 2 is 1.62 bits per heavy atom. The Balaban J connectivity index is 0. The van der Waals surface area contributed by atoms with Crippen LogP contribution in [0.25, 0.3) is 0 Å². The molecule has 9 heteroatoms.